The van der Waals surface area contributed by atoms with Crippen LogP contribution in [-0.2, 0) is 24.8 Å². The highest BCUT2D eigenvalue weighted by molar-refractivity contribution is 14.0. The van der Waals surface area contributed by atoms with Crippen molar-refractivity contribution in [3.8, 4) is 5.75 Å². The van der Waals surface area contributed by atoms with E-state index >= 15 is 0 Å². The first-order valence-electron chi connectivity index (χ1n) is 8.67. The van der Waals surface area contributed by atoms with Crippen LogP contribution in [0.2, 0.25) is 0 Å². The number of aliphatic imine (C=N–C) groups is 1. The van der Waals surface area contributed by atoms with E-state index in [0.717, 1.165) is 18.0 Å². The Labute approximate surface area is 182 Å². The Morgan fingerprint density at radius 3 is 2.54 bits per heavy atom. The maximum Gasteiger partial charge on any atom is 0.241 e. The molecule has 2 aromatic rings. The van der Waals surface area contributed by atoms with Crippen LogP contribution < -0.4 is 15.4 Å². The first kappa shape index (κ1) is 23.7. The number of aryl methyl sites for hydroxylation is 1. The molecule has 28 heavy (non-hydrogen) atoms. The number of halogens is 1. The van der Waals surface area contributed by atoms with Gasteiger partial charge in [-0.25, -0.2) is 9.98 Å². The second-order valence-electron chi connectivity index (χ2n) is 6.13. The third kappa shape index (κ3) is 7.71. The molecule has 0 unspecified atom stereocenters. The average molecular weight is 501 g/mol. The zero-order valence-corrected chi connectivity index (χ0v) is 19.0. The quantitative estimate of drug-likeness (QED) is 0.316. The monoisotopic (exact) mass is 501 g/mol. The van der Waals surface area contributed by atoms with Gasteiger partial charge < -0.3 is 20.3 Å². The van der Waals surface area contributed by atoms with Crippen LogP contribution in [0.25, 0.3) is 0 Å². The summed E-state index contributed by atoms with van der Waals surface area (Å²) in [4.78, 5) is 22.0. The molecule has 0 saturated heterocycles. The molecule has 1 aromatic heterocycles. The largest absolute Gasteiger partial charge is 0.497 e. The van der Waals surface area contributed by atoms with Gasteiger partial charge in [0.2, 0.25) is 5.91 Å². The maximum atomic E-state index is 11.8. The average Bonchev–Trinajstić information content (AvgIpc) is 3.08. The van der Waals surface area contributed by atoms with Crippen LogP contribution in [0, 0.1) is 0 Å². The van der Waals surface area contributed by atoms with Gasteiger partial charge in [0.15, 0.2) is 5.96 Å². The predicted octanol–water partition coefficient (Wildman–Crippen LogP) is 0.808. The number of aromatic nitrogens is 3. The highest BCUT2D eigenvalue weighted by atomic mass is 127. The third-order valence-electron chi connectivity index (χ3n) is 3.95. The van der Waals surface area contributed by atoms with Crippen LogP contribution in [0.5, 0.6) is 5.75 Å². The molecule has 1 aromatic carbocycles. The molecular formula is C18H28IN7O2. The molecule has 2 N–H and O–H groups in total. The van der Waals surface area contributed by atoms with Gasteiger partial charge in [0.05, 0.1) is 13.7 Å². The molecule has 9 nitrogen and oxygen atoms in total. The second-order valence-corrected chi connectivity index (χ2v) is 6.13. The van der Waals surface area contributed by atoms with Gasteiger partial charge in [0.25, 0.3) is 0 Å². The molecule has 0 saturated carbocycles. The number of nitrogens with one attached hydrogen (secondary N) is 2. The van der Waals surface area contributed by atoms with Crippen LogP contribution in [0.4, 0.5) is 0 Å². The van der Waals surface area contributed by atoms with E-state index in [9.17, 15) is 4.79 Å². The summed E-state index contributed by atoms with van der Waals surface area (Å²) < 4.78 is 6.84. The summed E-state index contributed by atoms with van der Waals surface area (Å²) >= 11 is 0. The number of hydrogen-bond donors (Lipinski definition) is 2. The fraction of sp³-hybridized carbons (Fsp3) is 0.444. The van der Waals surface area contributed by atoms with E-state index in [1.54, 1.807) is 25.9 Å². The molecule has 0 spiro atoms. The van der Waals surface area contributed by atoms with Crippen LogP contribution in [0.1, 0.15) is 11.4 Å². The van der Waals surface area contributed by atoms with Gasteiger partial charge >= 0.3 is 0 Å². The van der Waals surface area contributed by atoms with E-state index in [1.807, 2.05) is 31.3 Å². The zero-order chi connectivity index (χ0) is 19.6. The zero-order valence-electron chi connectivity index (χ0n) is 16.7. The van der Waals surface area contributed by atoms with Crippen LogP contribution in [0.3, 0.4) is 0 Å². The molecule has 0 fully saturated rings. The Balaban J connectivity index is 0.00000392. The first-order valence-corrected chi connectivity index (χ1v) is 8.67. The number of ether oxygens (including phenoxy) is 1. The second kappa shape index (κ2) is 12.2. The van der Waals surface area contributed by atoms with E-state index in [2.05, 4.69) is 25.7 Å². The summed E-state index contributed by atoms with van der Waals surface area (Å²) in [5.41, 5.74) is 1.18. The van der Waals surface area contributed by atoms with Gasteiger partial charge in [-0.1, -0.05) is 12.1 Å². The van der Waals surface area contributed by atoms with E-state index in [1.165, 1.54) is 16.8 Å². The highest BCUT2D eigenvalue weighted by Crippen LogP contribution is 2.11. The third-order valence-corrected chi connectivity index (χ3v) is 3.95. The molecule has 1 amide bonds. The van der Waals surface area contributed by atoms with Crippen molar-refractivity contribution in [3.63, 3.8) is 0 Å². The van der Waals surface area contributed by atoms with Crippen molar-refractivity contribution < 1.29 is 9.53 Å². The summed E-state index contributed by atoms with van der Waals surface area (Å²) in [6.45, 7) is 1.21. The van der Waals surface area contributed by atoms with E-state index < -0.39 is 0 Å². The van der Waals surface area contributed by atoms with Crippen LogP contribution in [0.15, 0.2) is 35.6 Å². The molecule has 0 aliphatic heterocycles. The lowest BCUT2D eigenvalue weighted by Crippen LogP contribution is -2.43. The molecule has 0 bridgehead atoms. The molecular weight excluding hydrogens is 473 g/mol. The first-order chi connectivity index (χ1) is 13.0. The Morgan fingerprint density at radius 1 is 1.25 bits per heavy atom. The van der Waals surface area contributed by atoms with Crippen molar-refractivity contribution in [2.24, 2.45) is 12.0 Å². The van der Waals surface area contributed by atoms with Gasteiger partial charge in [0.1, 0.15) is 24.4 Å². The van der Waals surface area contributed by atoms with Gasteiger partial charge in [-0.3, -0.25) is 9.48 Å². The molecule has 1 heterocycles. The number of benzene rings is 1. The van der Waals surface area contributed by atoms with Gasteiger partial charge in [-0.15, -0.1) is 24.0 Å². The maximum absolute atomic E-state index is 11.8. The number of nitrogens with zero attached hydrogens (tertiary/aromatic N) is 5. The fourth-order valence-corrected chi connectivity index (χ4v) is 2.22. The summed E-state index contributed by atoms with van der Waals surface area (Å²) in [6, 6.07) is 7.93. The highest BCUT2D eigenvalue weighted by Gasteiger charge is 2.07. The number of likely N-dealkylation sites (N-methyl/N-ethyl adjacent to an activating group) is 1. The van der Waals surface area contributed by atoms with Crippen molar-refractivity contribution in [3.05, 3.63) is 42.0 Å². The van der Waals surface area contributed by atoms with Crippen molar-refractivity contribution in [2.75, 3.05) is 34.3 Å². The molecule has 0 atom stereocenters. The lowest BCUT2D eigenvalue weighted by molar-refractivity contribution is -0.127. The van der Waals surface area contributed by atoms with Crippen molar-refractivity contribution in [1.29, 1.82) is 0 Å². The Morgan fingerprint density at radius 2 is 1.96 bits per heavy atom. The van der Waals surface area contributed by atoms with Crippen molar-refractivity contribution >= 4 is 35.8 Å². The summed E-state index contributed by atoms with van der Waals surface area (Å²) in [6.07, 6.45) is 2.31. The SMILES string of the molecule is COc1ccc(CCNC(=NCc2ncnn2C)NCC(=O)N(C)C)cc1.I. The van der Waals surface area contributed by atoms with E-state index in [0.29, 0.717) is 19.0 Å². The minimum Gasteiger partial charge on any atom is -0.497 e. The number of amides is 1. The van der Waals surface area contributed by atoms with Gasteiger partial charge in [-0.2, -0.15) is 5.10 Å². The number of rotatable bonds is 8. The molecule has 2 rings (SSSR count). The number of hydrogen-bond acceptors (Lipinski definition) is 5. The van der Waals surface area contributed by atoms with Crippen LogP contribution >= 0.6 is 24.0 Å². The minimum atomic E-state index is -0.0293. The fourth-order valence-electron chi connectivity index (χ4n) is 2.22. The number of methoxy groups -OCH3 is 1. The lowest BCUT2D eigenvalue weighted by atomic mass is 10.1. The van der Waals surface area contributed by atoms with Crippen LogP contribution in [-0.4, -0.2) is 65.8 Å². The van der Waals surface area contributed by atoms with Gasteiger partial charge in [-0.05, 0) is 24.1 Å². The Hall–Kier alpha value is -2.37. The van der Waals surface area contributed by atoms with Crippen molar-refractivity contribution in [1.82, 2.24) is 30.3 Å². The molecule has 10 heteroatoms. The standard InChI is InChI=1S/C18H27N7O2.HI/c1-24(2)17(26)12-21-18(20-11-16-22-13-23-25(16)3)19-10-9-14-5-7-15(27-4)8-6-14;/h5-8,13H,9-12H2,1-4H3,(H2,19,20,21);1H. The number of carbonyl (C=O) groups excluding carboxylic acids is 1. The molecule has 0 aliphatic rings. The summed E-state index contributed by atoms with van der Waals surface area (Å²) in [5, 5.41) is 10.3. The molecule has 154 valence electrons. The topological polar surface area (TPSA) is 96.7 Å². The Bertz CT molecular complexity index is 760. The van der Waals surface area contributed by atoms with Gasteiger partial charge in [0, 0.05) is 27.7 Å². The Kier molecular flexibility index (Phi) is 10.3. The van der Waals surface area contributed by atoms with E-state index in [4.69, 9.17) is 4.74 Å². The molecule has 0 radical (unpaired) electrons. The lowest BCUT2D eigenvalue weighted by Gasteiger charge is -2.15. The summed E-state index contributed by atoms with van der Waals surface area (Å²) in [7, 11) is 6.91. The van der Waals surface area contributed by atoms with E-state index in [-0.39, 0.29) is 36.4 Å². The van der Waals surface area contributed by atoms with Crippen molar-refractivity contribution in [2.45, 2.75) is 13.0 Å². The molecule has 0 aliphatic carbocycles. The predicted molar refractivity (Wildman–Crippen MR) is 119 cm³/mol. The number of guanidine groups is 1. The smallest absolute Gasteiger partial charge is 0.241 e. The number of carbonyl (C=O) groups is 1. The summed E-state index contributed by atoms with van der Waals surface area (Å²) in [5.74, 6) is 2.10. The normalized spacial score (nSPS) is 10.8. The minimum absolute atomic E-state index is 0.